The Morgan fingerprint density at radius 2 is 2.24 bits per heavy atom. The molecule has 2 heteroatoms. The van der Waals surface area contributed by atoms with Crippen LogP contribution in [0.4, 0.5) is 0 Å². The molecular weight excluding hydrogens is 258 g/mol. The average Bonchev–Trinajstić information content (AvgIpc) is 2.50. The number of hydrogen-bond acceptors (Lipinski definition) is 2. The molecule has 0 saturated carbocycles. The molecule has 0 N–H and O–H groups in total. The van der Waals surface area contributed by atoms with E-state index in [4.69, 9.17) is 4.74 Å². The summed E-state index contributed by atoms with van der Waals surface area (Å²) in [6, 6.07) is 7.30. The summed E-state index contributed by atoms with van der Waals surface area (Å²) in [6.07, 6.45) is 8.14. The van der Waals surface area contributed by atoms with Crippen molar-refractivity contribution in [1.82, 2.24) is 4.90 Å². The van der Waals surface area contributed by atoms with Crippen LogP contribution in [-0.2, 0) is 11.8 Å². The van der Waals surface area contributed by atoms with Gasteiger partial charge in [0.15, 0.2) is 0 Å². The van der Waals surface area contributed by atoms with Gasteiger partial charge in [0.1, 0.15) is 5.75 Å². The predicted octanol–water partition coefficient (Wildman–Crippen LogP) is 3.33. The van der Waals surface area contributed by atoms with Crippen LogP contribution in [0.15, 0.2) is 42.5 Å². The number of methoxy groups -OCH3 is 1. The van der Waals surface area contributed by atoms with Crippen molar-refractivity contribution in [3.63, 3.8) is 0 Å². The summed E-state index contributed by atoms with van der Waals surface area (Å²) in [5.41, 5.74) is 4.53. The maximum Gasteiger partial charge on any atom is 0.119 e. The van der Waals surface area contributed by atoms with Crippen molar-refractivity contribution in [2.45, 2.75) is 30.7 Å². The minimum absolute atomic E-state index is 0.241. The standard InChI is InChI=1S/C19H23NO/c1-13-4-7-16-18-10-14-5-6-15(21-3)11-17(14)19(16,12-13)8-9-20(18)2/h4-7,11,16,18H,1,8-10,12H2,2-3H3. The fourth-order valence-corrected chi connectivity index (χ4v) is 4.81. The molecule has 110 valence electrons. The zero-order chi connectivity index (χ0) is 14.6. The van der Waals surface area contributed by atoms with Crippen LogP contribution in [-0.4, -0.2) is 31.6 Å². The number of likely N-dealkylation sites (tertiary alicyclic amines) is 1. The molecule has 0 amide bonds. The Hall–Kier alpha value is -1.54. The summed E-state index contributed by atoms with van der Waals surface area (Å²) in [7, 11) is 4.04. The fraction of sp³-hybridized carbons (Fsp3) is 0.474. The lowest BCUT2D eigenvalue weighted by atomic mass is 9.53. The maximum atomic E-state index is 5.49. The molecule has 0 radical (unpaired) electrons. The second kappa shape index (κ2) is 4.48. The van der Waals surface area contributed by atoms with Crippen molar-refractivity contribution in [2.24, 2.45) is 5.92 Å². The van der Waals surface area contributed by atoms with Crippen LogP contribution in [0.5, 0.6) is 5.75 Å². The molecule has 1 saturated heterocycles. The van der Waals surface area contributed by atoms with E-state index in [1.54, 1.807) is 7.11 Å². The van der Waals surface area contributed by atoms with E-state index in [2.05, 4.69) is 48.9 Å². The van der Waals surface area contributed by atoms with E-state index in [1.165, 1.54) is 29.7 Å². The number of ether oxygens (including phenoxy) is 1. The molecular formula is C19H23NO. The van der Waals surface area contributed by atoms with E-state index in [0.29, 0.717) is 12.0 Å². The van der Waals surface area contributed by atoms with Crippen molar-refractivity contribution >= 4 is 0 Å². The molecule has 1 heterocycles. The lowest BCUT2D eigenvalue weighted by Crippen LogP contribution is -2.59. The third-order valence-corrected chi connectivity index (χ3v) is 5.89. The fourth-order valence-electron chi connectivity index (χ4n) is 4.81. The minimum atomic E-state index is 0.241. The van der Waals surface area contributed by atoms with Crippen LogP contribution in [0.2, 0.25) is 0 Å². The zero-order valence-electron chi connectivity index (χ0n) is 12.9. The van der Waals surface area contributed by atoms with Gasteiger partial charge in [-0.1, -0.05) is 30.4 Å². The van der Waals surface area contributed by atoms with Crippen molar-refractivity contribution in [3.8, 4) is 5.75 Å². The molecule has 0 spiro atoms. The lowest BCUT2D eigenvalue weighted by molar-refractivity contribution is 0.0541. The van der Waals surface area contributed by atoms with Gasteiger partial charge < -0.3 is 9.64 Å². The number of benzene rings is 1. The third kappa shape index (κ3) is 1.75. The van der Waals surface area contributed by atoms with Gasteiger partial charge in [-0.3, -0.25) is 0 Å². The first kappa shape index (κ1) is 13.1. The number of rotatable bonds is 1. The average molecular weight is 281 g/mol. The SMILES string of the molecule is C=C1C=CC2C3Cc4ccc(OC)cc4C2(CCN3C)C1. The smallest absolute Gasteiger partial charge is 0.119 e. The molecule has 21 heavy (non-hydrogen) atoms. The van der Waals surface area contributed by atoms with Crippen molar-refractivity contribution in [3.05, 3.63) is 53.6 Å². The monoisotopic (exact) mass is 281 g/mol. The Morgan fingerprint density at radius 3 is 3.05 bits per heavy atom. The van der Waals surface area contributed by atoms with Crippen LogP contribution in [0.3, 0.4) is 0 Å². The first-order valence-electron chi connectivity index (χ1n) is 7.88. The Labute approximate surface area is 127 Å². The van der Waals surface area contributed by atoms with Gasteiger partial charge in [-0.2, -0.15) is 0 Å². The van der Waals surface area contributed by atoms with Crippen molar-refractivity contribution in [2.75, 3.05) is 20.7 Å². The number of piperidine rings is 1. The van der Waals surface area contributed by atoms with Crippen LogP contribution in [0.25, 0.3) is 0 Å². The van der Waals surface area contributed by atoms with Crippen LogP contribution >= 0.6 is 0 Å². The highest BCUT2D eigenvalue weighted by Crippen LogP contribution is 2.54. The molecule has 1 aliphatic heterocycles. The molecule has 3 atom stereocenters. The molecule has 3 aliphatic rings. The highest BCUT2D eigenvalue weighted by molar-refractivity contribution is 5.49. The highest BCUT2D eigenvalue weighted by Gasteiger charge is 2.52. The van der Waals surface area contributed by atoms with Gasteiger partial charge in [0.25, 0.3) is 0 Å². The van der Waals surface area contributed by atoms with E-state index >= 15 is 0 Å². The van der Waals surface area contributed by atoms with Gasteiger partial charge in [0.2, 0.25) is 0 Å². The molecule has 0 aromatic heterocycles. The number of likely N-dealkylation sites (N-methyl/N-ethyl adjacent to an activating group) is 1. The van der Waals surface area contributed by atoms with Crippen molar-refractivity contribution < 1.29 is 4.74 Å². The summed E-state index contributed by atoms with van der Waals surface area (Å²) in [6.45, 7) is 5.43. The lowest BCUT2D eigenvalue weighted by Gasteiger charge is -2.57. The molecule has 1 fully saturated rings. The first-order chi connectivity index (χ1) is 10.1. The minimum Gasteiger partial charge on any atom is -0.497 e. The Bertz CT molecular complexity index is 632. The second-order valence-corrected chi connectivity index (χ2v) is 6.90. The van der Waals surface area contributed by atoms with E-state index in [9.17, 15) is 0 Å². The predicted molar refractivity (Wildman–Crippen MR) is 85.8 cm³/mol. The summed E-state index contributed by atoms with van der Waals surface area (Å²) in [4.78, 5) is 2.55. The summed E-state index contributed by atoms with van der Waals surface area (Å²) in [5.74, 6) is 1.60. The van der Waals surface area contributed by atoms with Gasteiger partial charge in [0.05, 0.1) is 7.11 Å². The number of hydrogen-bond donors (Lipinski definition) is 0. The van der Waals surface area contributed by atoms with Gasteiger partial charge >= 0.3 is 0 Å². The van der Waals surface area contributed by atoms with Crippen LogP contribution in [0, 0.1) is 5.92 Å². The number of allylic oxidation sites excluding steroid dienone is 2. The Kier molecular flexibility index (Phi) is 2.80. The largest absolute Gasteiger partial charge is 0.497 e. The first-order valence-corrected chi connectivity index (χ1v) is 7.88. The molecule has 1 aromatic rings. The van der Waals surface area contributed by atoms with E-state index in [-0.39, 0.29) is 5.41 Å². The Balaban J connectivity index is 1.93. The van der Waals surface area contributed by atoms with Crippen molar-refractivity contribution in [1.29, 1.82) is 0 Å². The summed E-state index contributed by atoms with van der Waals surface area (Å²) < 4.78 is 5.49. The quantitative estimate of drug-likeness (QED) is 0.783. The maximum absolute atomic E-state index is 5.49. The van der Waals surface area contributed by atoms with E-state index < -0.39 is 0 Å². The van der Waals surface area contributed by atoms with E-state index in [1.807, 2.05) is 0 Å². The molecule has 2 nitrogen and oxygen atoms in total. The van der Waals surface area contributed by atoms with Crippen LogP contribution < -0.4 is 4.74 Å². The molecule has 2 aliphatic carbocycles. The Morgan fingerprint density at radius 1 is 1.38 bits per heavy atom. The van der Waals surface area contributed by atoms with Gasteiger partial charge in [-0.15, -0.1) is 0 Å². The van der Waals surface area contributed by atoms with Crippen LogP contribution in [0.1, 0.15) is 24.0 Å². The zero-order valence-corrected chi connectivity index (χ0v) is 12.9. The highest BCUT2D eigenvalue weighted by atomic mass is 16.5. The molecule has 2 bridgehead atoms. The molecule has 3 unspecified atom stereocenters. The topological polar surface area (TPSA) is 12.5 Å². The van der Waals surface area contributed by atoms with E-state index in [0.717, 1.165) is 18.6 Å². The summed E-state index contributed by atoms with van der Waals surface area (Å²) in [5, 5.41) is 0. The second-order valence-electron chi connectivity index (χ2n) is 6.90. The number of nitrogens with zero attached hydrogens (tertiary/aromatic N) is 1. The normalized spacial score (nSPS) is 34.3. The van der Waals surface area contributed by atoms with Gasteiger partial charge in [-0.25, -0.2) is 0 Å². The molecule has 1 aromatic carbocycles. The molecule has 4 rings (SSSR count). The van der Waals surface area contributed by atoms with Gasteiger partial charge in [-0.05, 0) is 56.1 Å². The third-order valence-electron chi connectivity index (χ3n) is 5.89. The summed E-state index contributed by atoms with van der Waals surface area (Å²) >= 11 is 0. The van der Waals surface area contributed by atoms with Gasteiger partial charge in [0, 0.05) is 17.4 Å². The number of fused-ring (bicyclic) bond motifs is 1.